The second-order valence-corrected chi connectivity index (χ2v) is 10.0. The first-order valence-electron chi connectivity index (χ1n) is 12.6. The van der Waals surface area contributed by atoms with Crippen LogP contribution in [0.1, 0.15) is 64.8 Å². The highest BCUT2D eigenvalue weighted by Gasteiger charge is 2.34. The first-order chi connectivity index (χ1) is 15.5. The minimum Gasteiger partial charge on any atom is -0.342 e. The van der Waals surface area contributed by atoms with Crippen LogP contribution in [0.25, 0.3) is 0 Å². The van der Waals surface area contributed by atoms with Gasteiger partial charge in [-0.1, -0.05) is 6.42 Å². The third-order valence-electron chi connectivity index (χ3n) is 7.43. The Hall–Kier alpha value is -1.93. The number of nitrogens with one attached hydrogen (secondary N) is 1. The summed E-state index contributed by atoms with van der Waals surface area (Å²) in [5, 5.41) is 7.38. The number of rotatable bonds is 7. The minimum absolute atomic E-state index is 0.0490. The van der Waals surface area contributed by atoms with Crippen molar-refractivity contribution in [1.82, 2.24) is 24.5 Å². The molecule has 0 bridgehead atoms. The second kappa shape index (κ2) is 10.8. The van der Waals surface area contributed by atoms with Crippen molar-refractivity contribution in [2.45, 2.75) is 70.9 Å². The molecular weight excluding hydrogens is 404 g/mol. The van der Waals surface area contributed by atoms with Crippen LogP contribution in [0.4, 0.5) is 5.82 Å². The predicted octanol–water partition coefficient (Wildman–Crippen LogP) is 2.59. The second-order valence-electron chi connectivity index (χ2n) is 10.0. The van der Waals surface area contributed by atoms with E-state index in [9.17, 15) is 9.59 Å². The van der Waals surface area contributed by atoms with E-state index in [1.165, 1.54) is 12.8 Å². The molecule has 1 N–H and O–H groups in total. The fourth-order valence-electron chi connectivity index (χ4n) is 5.69. The lowest BCUT2D eigenvalue weighted by molar-refractivity contribution is -0.132. The molecular formula is C24H40N6O2. The monoisotopic (exact) mass is 444 g/mol. The van der Waals surface area contributed by atoms with E-state index in [0.717, 1.165) is 70.6 Å². The number of anilines is 1. The Kier molecular flexibility index (Phi) is 7.84. The Balaban J connectivity index is 1.27. The molecule has 8 nitrogen and oxygen atoms in total. The molecule has 3 aliphatic rings. The van der Waals surface area contributed by atoms with Gasteiger partial charge >= 0.3 is 0 Å². The van der Waals surface area contributed by atoms with Crippen molar-refractivity contribution < 1.29 is 9.59 Å². The van der Waals surface area contributed by atoms with Crippen molar-refractivity contribution in [3.63, 3.8) is 0 Å². The Morgan fingerprint density at radius 1 is 1.00 bits per heavy atom. The molecule has 3 saturated heterocycles. The van der Waals surface area contributed by atoms with Crippen LogP contribution in [0, 0.1) is 5.92 Å². The summed E-state index contributed by atoms with van der Waals surface area (Å²) in [5.41, 5.74) is 0. The summed E-state index contributed by atoms with van der Waals surface area (Å²) >= 11 is 0. The average Bonchev–Trinajstić information content (AvgIpc) is 3.47. The number of hydrogen-bond acceptors (Lipinski definition) is 5. The van der Waals surface area contributed by atoms with Gasteiger partial charge in [0.1, 0.15) is 5.82 Å². The van der Waals surface area contributed by atoms with E-state index < -0.39 is 0 Å². The number of nitrogens with zero attached hydrogens (tertiary/aromatic N) is 5. The van der Waals surface area contributed by atoms with Gasteiger partial charge in [-0.2, -0.15) is 5.10 Å². The molecule has 0 spiro atoms. The average molecular weight is 445 g/mol. The highest BCUT2D eigenvalue weighted by Crippen LogP contribution is 2.30. The van der Waals surface area contributed by atoms with Crippen LogP contribution in [0.3, 0.4) is 0 Å². The lowest BCUT2D eigenvalue weighted by Gasteiger charge is -2.43. The van der Waals surface area contributed by atoms with E-state index in [4.69, 9.17) is 0 Å². The summed E-state index contributed by atoms with van der Waals surface area (Å²) in [6.45, 7) is 10.0. The van der Waals surface area contributed by atoms with Crippen molar-refractivity contribution in [3.05, 3.63) is 12.3 Å². The predicted molar refractivity (Wildman–Crippen MR) is 125 cm³/mol. The minimum atomic E-state index is 0.0490. The Morgan fingerprint density at radius 2 is 1.72 bits per heavy atom. The molecule has 1 aromatic rings. The van der Waals surface area contributed by atoms with Gasteiger partial charge in [0, 0.05) is 31.2 Å². The van der Waals surface area contributed by atoms with Crippen molar-refractivity contribution >= 4 is 17.6 Å². The van der Waals surface area contributed by atoms with E-state index in [1.807, 2.05) is 15.6 Å². The number of aromatic nitrogens is 2. The first kappa shape index (κ1) is 23.2. The fraction of sp³-hybridized carbons (Fsp3) is 0.792. The quantitative estimate of drug-likeness (QED) is 0.700. The molecule has 3 fully saturated rings. The highest BCUT2D eigenvalue weighted by atomic mass is 16.2. The van der Waals surface area contributed by atoms with Gasteiger partial charge in [-0.15, -0.1) is 0 Å². The summed E-state index contributed by atoms with van der Waals surface area (Å²) in [6.07, 6.45) is 9.87. The number of carbonyl (C=O) groups is 2. The molecule has 0 aromatic carbocycles. The zero-order valence-corrected chi connectivity index (χ0v) is 19.8. The van der Waals surface area contributed by atoms with Gasteiger partial charge in [0.2, 0.25) is 11.8 Å². The van der Waals surface area contributed by atoms with E-state index >= 15 is 0 Å². The summed E-state index contributed by atoms with van der Waals surface area (Å²) in [5.74, 6) is 1.74. The maximum absolute atomic E-state index is 12.8. The van der Waals surface area contributed by atoms with E-state index in [1.54, 1.807) is 6.20 Å². The van der Waals surface area contributed by atoms with Crippen LogP contribution in [-0.2, 0) is 9.59 Å². The van der Waals surface area contributed by atoms with Gasteiger partial charge in [0.15, 0.2) is 0 Å². The van der Waals surface area contributed by atoms with Gasteiger partial charge in [-0.3, -0.25) is 19.4 Å². The molecule has 178 valence electrons. The van der Waals surface area contributed by atoms with Gasteiger partial charge in [-0.05, 0) is 77.9 Å². The lowest BCUT2D eigenvalue weighted by Crippen LogP contribution is -2.51. The maximum atomic E-state index is 12.8. The highest BCUT2D eigenvalue weighted by molar-refractivity contribution is 5.91. The summed E-state index contributed by atoms with van der Waals surface area (Å²) in [4.78, 5) is 32.1. The third-order valence-corrected chi connectivity index (χ3v) is 7.43. The fourth-order valence-corrected chi connectivity index (χ4v) is 5.69. The van der Waals surface area contributed by atoms with Gasteiger partial charge in [0.05, 0.1) is 19.3 Å². The zero-order chi connectivity index (χ0) is 22.5. The molecule has 0 saturated carbocycles. The first-order valence-corrected chi connectivity index (χ1v) is 12.6. The van der Waals surface area contributed by atoms with Crippen LogP contribution in [-0.4, -0.2) is 88.1 Å². The van der Waals surface area contributed by atoms with Crippen LogP contribution in [0.2, 0.25) is 0 Å². The lowest BCUT2D eigenvalue weighted by atomic mass is 9.83. The van der Waals surface area contributed by atoms with Crippen molar-refractivity contribution in [2.24, 2.45) is 5.92 Å². The summed E-state index contributed by atoms with van der Waals surface area (Å²) in [7, 11) is 0. The number of hydrogen-bond donors (Lipinski definition) is 1. The summed E-state index contributed by atoms with van der Waals surface area (Å²) < 4.78 is 1.85. The molecule has 2 amide bonds. The van der Waals surface area contributed by atoms with E-state index in [0.29, 0.717) is 31.0 Å². The van der Waals surface area contributed by atoms with Gasteiger partial charge in [0.25, 0.3) is 0 Å². The molecule has 0 radical (unpaired) electrons. The number of piperidine rings is 2. The molecule has 0 unspecified atom stereocenters. The van der Waals surface area contributed by atoms with Gasteiger partial charge < -0.3 is 10.2 Å². The Labute approximate surface area is 192 Å². The maximum Gasteiger partial charge on any atom is 0.239 e. The summed E-state index contributed by atoms with van der Waals surface area (Å²) in [6, 6.07) is 2.55. The number of amides is 2. The Bertz CT molecular complexity index is 764. The third kappa shape index (κ3) is 5.70. The normalized spacial score (nSPS) is 23.7. The molecule has 32 heavy (non-hydrogen) atoms. The standard InChI is InChI=1S/C24H40N6O2/c1-19(2)30-22(8-11-25-30)26-23(31)17-29-14-4-3-7-21(29)20-9-15-27(16-10-20)18-24(32)28-12-5-6-13-28/h8,11,19-21H,3-7,9-10,12-18H2,1-2H3,(H,26,31)/t21-/m0/s1. The van der Waals surface area contributed by atoms with Crippen molar-refractivity contribution in [1.29, 1.82) is 0 Å². The van der Waals surface area contributed by atoms with Crippen LogP contribution in [0.5, 0.6) is 0 Å². The van der Waals surface area contributed by atoms with Crippen LogP contribution in [0.15, 0.2) is 12.3 Å². The van der Waals surface area contributed by atoms with E-state index in [2.05, 4.69) is 34.1 Å². The Morgan fingerprint density at radius 3 is 2.44 bits per heavy atom. The molecule has 3 aliphatic heterocycles. The molecule has 4 heterocycles. The zero-order valence-electron chi connectivity index (χ0n) is 19.8. The van der Waals surface area contributed by atoms with Crippen LogP contribution < -0.4 is 5.32 Å². The van der Waals surface area contributed by atoms with Crippen LogP contribution >= 0.6 is 0 Å². The number of carbonyl (C=O) groups excluding carboxylic acids is 2. The number of likely N-dealkylation sites (tertiary alicyclic amines) is 3. The smallest absolute Gasteiger partial charge is 0.239 e. The molecule has 1 aromatic heterocycles. The molecule has 4 rings (SSSR count). The van der Waals surface area contributed by atoms with Crippen molar-refractivity contribution in [2.75, 3.05) is 51.1 Å². The van der Waals surface area contributed by atoms with Gasteiger partial charge in [-0.25, -0.2) is 4.68 Å². The molecule has 8 heteroatoms. The topological polar surface area (TPSA) is 73.7 Å². The van der Waals surface area contributed by atoms with E-state index in [-0.39, 0.29) is 11.9 Å². The molecule has 0 aliphatic carbocycles. The SMILES string of the molecule is CC(C)n1nccc1NC(=O)CN1CCCC[C@H]1C1CCN(CC(=O)N2CCCC2)CC1. The molecule has 1 atom stereocenters. The van der Waals surface area contributed by atoms with Crippen molar-refractivity contribution in [3.8, 4) is 0 Å². The largest absolute Gasteiger partial charge is 0.342 e.